The molecule has 0 radical (unpaired) electrons. The summed E-state index contributed by atoms with van der Waals surface area (Å²) in [7, 11) is -3.49. The first kappa shape index (κ1) is 15.9. The van der Waals surface area contributed by atoms with Gasteiger partial charge in [-0.15, -0.1) is 0 Å². The third-order valence-corrected chi connectivity index (χ3v) is 5.35. The van der Waals surface area contributed by atoms with E-state index in [0.717, 1.165) is 6.42 Å². The topological polar surface area (TPSA) is 78.0 Å². The van der Waals surface area contributed by atoms with Crippen LogP contribution in [0.5, 0.6) is 0 Å². The SMILES string of the molecule is CCC(C)n1ccc(CS(=O)(=O)c2ccc(N)c(Cl)c2)n1. The van der Waals surface area contributed by atoms with Crippen LogP contribution in [-0.4, -0.2) is 18.2 Å². The number of benzene rings is 1. The maximum absolute atomic E-state index is 12.4. The van der Waals surface area contributed by atoms with E-state index < -0.39 is 9.84 Å². The van der Waals surface area contributed by atoms with Crippen molar-refractivity contribution in [2.75, 3.05) is 5.73 Å². The minimum atomic E-state index is -3.49. The van der Waals surface area contributed by atoms with Gasteiger partial charge in [-0.05, 0) is 37.6 Å². The fourth-order valence-electron chi connectivity index (χ4n) is 1.87. The second kappa shape index (κ2) is 6.07. The van der Waals surface area contributed by atoms with Crippen molar-refractivity contribution in [1.82, 2.24) is 9.78 Å². The normalized spacial score (nSPS) is 13.3. The van der Waals surface area contributed by atoms with Crippen LogP contribution in [0.15, 0.2) is 35.4 Å². The first-order valence-corrected chi connectivity index (χ1v) is 8.68. The number of rotatable bonds is 5. The number of anilines is 1. The molecule has 0 spiro atoms. The van der Waals surface area contributed by atoms with Gasteiger partial charge in [0.05, 0.1) is 27.1 Å². The maximum Gasteiger partial charge on any atom is 0.184 e. The van der Waals surface area contributed by atoms with Gasteiger partial charge in [0, 0.05) is 12.2 Å². The van der Waals surface area contributed by atoms with E-state index in [-0.39, 0.29) is 21.7 Å². The van der Waals surface area contributed by atoms with Gasteiger partial charge >= 0.3 is 0 Å². The highest BCUT2D eigenvalue weighted by molar-refractivity contribution is 7.90. The first-order chi connectivity index (χ1) is 9.83. The van der Waals surface area contributed by atoms with Crippen LogP contribution in [0.3, 0.4) is 0 Å². The molecule has 0 bridgehead atoms. The summed E-state index contributed by atoms with van der Waals surface area (Å²) in [5, 5.41) is 4.55. The van der Waals surface area contributed by atoms with Crippen LogP contribution in [0.2, 0.25) is 5.02 Å². The van der Waals surface area contributed by atoms with Crippen molar-refractivity contribution in [3.05, 3.63) is 41.2 Å². The van der Waals surface area contributed by atoms with Crippen LogP contribution in [0.1, 0.15) is 32.0 Å². The summed E-state index contributed by atoms with van der Waals surface area (Å²) in [6, 6.07) is 6.29. The molecule has 1 atom stereocenters. The number of halogens is 1. The van der Waals surface area contributed by atoms with E-state index in [0.29, 0.717) is 11.4 Å². The van der Waals surface area contributed by atoms with Crippen molar-refractivity contribution in [3.8, 4) is 0 Å². The van der Waals surface area contributed by atoms with Crippen LogP contribution in [-0.2, 0) is 15.6 Å². The Labute approximate surface area is 129 Å². The quantitative estimate of drug-likeness (QED) is 0.856. The lowest BCUT2D eigenvalue weighted by molar-refractivity contribution is 0.475. The highest BCUT2D eigenvalue weighted by atomic mass is 35.5. The number of hydrogen-bond acceptors (Lipinski definition) is 4. The molecule has 0 fully saturated rings. The standard InChI is InChI=1S/C14H18ClN3O2S/c1-3-10(2)18-7-6-11(17-18)9-21(19,20)12-4-5-14(16)13(15)8-12/h4-8,10H,3,9,16H2,1-2H3. The van der Waals surface area contributed by atoms with E-state index in [1.807, 2.05) is 6.92 Å². The molecule has 21 heavy (non-hydrogen) atoms. The predicted octanol–water partition coefficient (Wildman–Crippen LogP) is 3.06. The molecule has 2 rings (SSSR count). The van der Waals surface area contributed by atoms with E-state index in [1.54, 1.807) is 16.9 Å². The molecule has 7 heteroatoms. The highest BCUT2D eigenvalue weighted by Gasteiger charge is 2.18. The highest BCUT2D eigenvalue weighted by Crippen LogP contribution is 2.24. The zero-order valence-corrected chi connectivity index (χ0v) is 13.5. The first-order valence-electron chi connectivity index (χ1n) is 6.65. The van der Waals surface area contributed by atoms with Gasteiger partial charge in [0.2, 0.25) is 0 Å². The van der Waals surface area contributed by atoms with Crippen LogP contribution in [0.4, 0.5) is 5.69 Å². The minimum Gasteiger partial charge on any atom is -0.398 e. The summed E-state index contributed by atoms with van der Waals surface area (Å²) in [5.74, 6) is -0.156. The Morgan fingerprint density at radius 1 is 1.38 bits per heavy atom. The molecule has 0 saturated carbocycles. The molecule has 5 nitrogen and oxygen atoms in total. The molecular weight excluding hydrogens is 310 g/mol. The number of nitrogens with zero attached hydrogens (tertiary/aromatic N) is 2. The molecule has 0 aliphatic rings. The summed E-state index contributed by atoms with van der Waals surface area (Å²) in [6.45, 7) is 4.09. The van der Waals surface area contributed by atoms with Gasteiger partial charge in [-0.3, -0.25) is 4.68 Å². The molecule has 1 heterocycles. The van der Waals surface area contributed by atoms with E-state index in [2.05, 4.69) is 12.0 Å². The lowest BCUT2D eigenvalue weighted by Crippen LogP contribution is -2.08. The Morgan fingerprint density at radius 3 is 2.71 bits per heavy atom. The van der Waals surface area contributed by atoms with Crippen LogP contribution in [0, 0.1) is 0 Å². The van der Waals surface area contributed by atoms with Crippen LogP contribution < -0.4 is 5.73 Å². The molecule has 114 valence electrons. The zero-order chi connectivity index (χ0) is 15.6. The molecule has 2 aromatic rings. The summed E-state index contributed by atoms with van der Waals surface area (Å²) >= 11 is 5.88. The summed E-state index contributed by atoms with van der Waals surface area (Å²) in [6.07, 6.45) is 2.73. The smallest absolute Gasteiger partial charge is 0.184 e. The molecule has 0 amide bonds. The second-order valence-corrected chi connectivity index (χ2v) is 7.38. The molecular formula is C14H18ClN3O2S. The monoisotopic (exact) mass is 327 g/mol. The van der Waals surface area contributed by atoms with Gasteiger partial charge in [0.25, 0.3) is 0 Å². The Kier molecular flexibility index (Phi) is 4.58. The van der Waals surface area contributed by atoms with Crippen molar-refractivity contribution >= 4 is 27.1 Å². The fourth-order valence-corrected chi connectivity index (χ4v) is 3.39. The molecule has 0 aliphatic heterocycles. The molecule has 1 aromatic heterocycles. The third-order valence-electron chi connectivity index (χ3n) is 3.37. The predicted molar refractivity (Wildman–Crippen MR) is 84.0 cm³/mol. The molecule has 1 unspecified atom stereocenters. The van der Waals surface area contributed by atoms with Gasteiger partial charge in [0.15, 0.2) is 9.84 Å². The number of nitrogens with two attached hydrogens (primary N) is 1. The van der Waals surface area contributed by atoms with Crippen molar-refractivity contribution < 1.29 is 8.42 Å². The fraction of sp³-hybridized carbons (Fsp3) is 0.357. The van der Waals surface area contributed by atoms with Crippen molar-refractivity contribution in [2.24, 2.45) is 0 Å². The Morgan fingerprint density at radius 2 is 2.10 bits per heavy atom. The number of aromatic nitrogens is 2. The summed E-state index contributed by atoms with van der Waals surface area (Å²) in [5.41, 5.74) is 6.47. The van der Waals surface area contributed by atoms with Gasteiger partial charge in [0.1, 0.15) is 0 Å². The van der Waals surface area contributed by atoms with E-state index in [1.165, 1.54) is 18.2 Å². The Balaban J connectivity index is 2.24. The zero-order valence-electron chi connectivity index (χ0n) is 12.0. The van der Waals surface area contributed by atoms with Crippen molar-refractivity contribution in [2.45, 2.75) is 37.0 Å². The number of nitrogen functional groups attached to an aromatic ring is 1. The van der Waals surface area contributed by atoms with Gasteiger partial charge in [-0.1, -0.05) is 18.5 Å². The Bertz CT molecular complexity index is 740. The van der Waals surface area contributed by atoms with E-state index in [9.17, 15) is 8.42 Å². The average Bonchev–Trinajstić information content (AvgIpc) is 2.88. The maximum atomic E-state index is 12.4. The van der Waals surface area contributed by atoms with E-state index >= 15 is 0 Å². The van der Waals surface area contributed by atoms with Crippen LogP contribution >= 0.6 is 11.6 Å². The second-order valence-electron chi connectivity index (χ2n) is 4.99. The van der Waals surface area contributed by atoms with Gasteiger partial charge in [-0.2, -0.15) is 5.10 Å². The lowest BCUT2D eigenvalue weighted by atomic mass is 10.3. The Hall–Kier alpha value is -1.53. The largest absolute Gasteiger partial charge is 0.398 e. The molecule has 1 aromatic carbocycles. The van der Waals surface area contributed by atoms with Gasteiger partial charge < -0.3 is 5.73 Å². The molecule has 0 aliphatic carbocycles. The minimum absolute atomic E-state index is 0.153. The summed E-state index contributed by atoms with van der Waals surface area (Å²) in [4.78, 5) is 0.153. The number of sulfone groups is 1. The van der Waals surface area contributed by atoms with Crippen molar-refractivity contribution in [1.29, 1.82) is 0 Å². The average molecular weight is 328 g/mol. The van der Waals surface area contributed by atoms with E-state index in [4.69, 9.17) is 17.3 Å². The van der Waals surface area contributed by atoms with Crippen molar-refractivity contribution in [3.63, 3.8) is 0 Å². The molecule has 0 saturated heterocycles. The van der Waals surface area contributed by atoms with Gasteiger partial charge in [-0.25, -0.2) is 8.42 Å². The number of hydrogen-bond donors (Lipinski definition) is 1. The van der Waals surface area contributed by atoms with Crippen LogP contribution in [0.25, 0.3) is 0 Å². The lowest BCUT2D eigenvalue weighted by Gasteiger charge is -2.08. The molecule has 2 N–H and O–H groups in total. The summed E-state index contributed by atoms with van der Waals surface area (Å²) < 4.78 is 26.5. The third kappa shape index (κ3) is 3.57.